The van der Waals surface area contributed by atoms with E-state index in [1.54, 1.807) is 0 Å². The van der Waals surface area contributed by atoms with Crippen molar-refractivity contribution in [3.05, 3.63) is 0 Å². The Balaban J connectivity index is 1.71. The maximum atomic E-state index is 2.61. The molecule has 2 aliphatic rings. The lowest BCUT2D eigenvalue weighted by atomic mass is 10.3. The van der Waals surface area contributed by atoms with Crippen molar-refractivity contribution in [2.75, 3.05) is 27.7 Å². The Morgan fingerprint density at radius 2 is 1.83 bits per heavy atom. The first-order valence-electron chi connectivity index (χ1n) is 5.05. The first-order valence-corrected chi connectivity index (χ1v) is 5.05. The number of hydrogen-bond acceptors (Lipinski definition) is 2. The number of hydrogen-bond donors (Lipinski definition) is 0. The van der Waals surface area contributed by atoms with E-state index in [0.717, 1.165) is 18.0 Å². The lowest BCUT2D eigenvalue weighted by Crippen LogP contribution is -2.27. The van der Waals surface area contributed by atoms with E-state index in [4.69, 9.17) is 0 Å². The Kier molecular flexibility index (Phi) is 2.13. The van der Waals surface area contributed by atoms with Crippen LogP contribution in [0.4, 0.5) is 0 Å². The minimum Gasteiger partial charge on any atom is -0.309 e. The van der Waals surface area contributed by atoms with Crippen LogP contribution in [0, 0.1) is 5.92 Å². The molecule has 0 spiro atoms. The summed E-state index contributed by atoms with van der Waals surface area (Å²) in [5.74, 6) is 0.964. The molecule has 2 atom stereocenters. The average molecular weight is 168 g/mol. The second kappa shape index (κ2) is 3.00. The minimum absolute atomic E-state index is 0.917. The van der Waals surface area contributed by atoms with Crippen molar-refractivity contribution in [3.63, 3.8) is 0 Å². The van der Waals surface area contributed by atoms with Crippen molar-refractivity contribution < 1.29 is 0 Å². The molecule has 2 fully saturated rings. The van der Waals surface area contributed by atoms with Gasteiger partial charge in [-0.2, -0.15) is 0 Å². The molecule has 2 aliphatic carbocycles. The van der Waals surface area contributed by atoms with Gasteiger partial charge in [-0.3, -0.25) is 0 Å². The summed E-state index contributed by atoms with van der Waals surface area (Å²) in [6, 6.07) is 1.86. The lowest BCUT2D eigenvalue weighted by Gasteiger charge is -2.16. The summed E-state index contributed by atoms with van der Waals surface area (Å²) in [5.41, 5.74) is 0. The van der Waals surface area contributed by atoms with E-state index in [-0.39, 0.29) is 0 Å². The highest BCUT2D eigenvalue weighted by Crippen LogP contribution is 2.40. The normalized spacial score (nSPS) is 34.8. The molecule has 0 bridgehead atoms. The monoisotopic (exact) mass is 168 g/mol. The summed E-state index contributed by atoms with van der Waals surface area (Å²) in [7, 11) is 6.65. The Hall–Kier alpha value is -0.0800. The fourth-order valence-electron chi connectivity index (χ4n) is 2.15. The third-order valence-corrected chi connectivity index (χ3v) is 3.13. The third kappa shape index (κ3) is 1.80. The molecule has 2 nitrogen and oxygen atoms in total. The van der Waals surface area contributed by atoms with Gasteiger partial charge in [-0.1, -0.05) is 0 Å². The van der Waals surface area contributed by atoms with Crippen molar-refractivity contribution in [3.8, 4) is 0 Å². The van der Waals surface area contributed by atoms with Gasteiger partial charge in [0.1, 0.15) is 0 Å². The van der Waals surface area contributed by atoms with Gasteiger partial charge < -0.3 is 9.80 Å². The SMILES string of the molecule is CN(C)CC1CC1N(C)C1CC1. The van der Waals surface area contributed by atoms with Gasteiger partial charge in [0.05, 0.1) is 0 Å². The van der Waals surface area contributed by atoms with Crippen LogP contribution in [0.15, 0.2) is 0 Å². The van der Waals surface area contributed by atoms with Crippen LogP contribution < -0.4 is 0 Å². The van der Waals surface area contributed by atoms with Crippen molar-refractivity contribution in [1.29, 1.82) is 0 Å². The first kappa shape index (κ1) is 8.52. The highest BCUT2D eigenvalue weighted by molar-refractivity contribution is 4.99. The van der Waals surface area contributed by atoms with E-state index >= 15 is 0 Å². The van der Waals surface area contributed by atoms with E-state index in [0.29, 0.717) is 0 Å². The fourth-order valence-corrected chi connectivity index (χ4v) is 2.15. The number of rotatable bonds is 4. The summed E-state index contributed by atoms with van der Waals surface area (Å²) in [4.78, 5) is 4.92. The molecule has 2 heteroatoms. The van der Waals surface area contributed by atoms with Gasteiger partial charge >= 0.3 is 0 Å². The molecule has 0 aliphatic heterocycles. The van der Waals surface area contributed by atoms with E-state index in [1.165, 1.54) is 25.8 Å². The van der Waals surface area contributed by atoms with Crippen LogP contribution in [0.5, 0.6) is 0 Å². The molecule has 0 aromatic carbocycles. The lowest BCUT2D eigenvalue weighted by molar-refractivity contribution is 0.280. The van der Waals surface area contributed by atoms with Crippen LogP contribution in [0.3, 0.4) is 0 Å². The highest BCUT2D eigenvalue weighted by atomic mass is 15.2. The molecular weight excluding hydrogens is 148 g/mol. The van der Waals surface area contributed by atoms with Gasteiger partial charge in [0.2, 0.25) is 0 Å². The standard InChI is InChI=1S/C10H20N2/c1-11(2)7-8-6-10(8)12(3)9-4-5-9/h8-10H,4-7H2,1-3H3. The largest absolute Gasteiger partial charge is 0.309 e. The van der Waals surface area contributed by atoms with Crippen LogP contribution in [-0.4, -0.2) is 49.6 Å². The molecule has 2 unspecified atom stereocenters. The van der Waals surface area contributed by atoms with Gasteiger partial charge in [0, 0.05) is 18.6 Å². The highest BCUT2D eigenvalue weighted by Gasteiger charge is 2.44. The fraction of sp³-hybridized carbons (Fsp3) is 1.00. The summed E-state index contributed by atoms with van der Waals surface area (Å²) in [6.07, 6.45) is 4.33. The molecule has 0 saturated heterocycles. The van der Waals surface area contributed by atoms with Gasteiger partial charge in [-0.15, -0.1) is 0 Å². The maximum absolute atomic E-state index is 2.61. The quantitative estimate of drug-likeness (QED) is 0.618. The molecule has 0 radical (unpaired) electrons. The Labute approximate surface area is 75.5 Å². The third-order valence-electron chi connectivity index (χ3n) is 3.13. The molecule has 0 N–H and O–H groups in total. The zero-order valence-electron chi connectivity index (χ0n) is 8.45. The molecule has 70 valence electrons. The number of nitrogens with zero attached hydrogens (tertiary/aromatic N) is 2. The second-order valence-electron chi connectivity index (χ2n) is 4.72. The van der Waals surface area contributed by atoms with E-state index in [9.17, 15) is 0 Å². The Morgan fingerprint density at radius 1 is 1.17 bits per heavy atom. The van der Waals surface area contributed by atoms with Gasteiger partial charge in [-0.05, 0) is 46.3 Å². The molecule has 0 aromatic rings. The molecular formula is C10H20N2. The summed E-state index contributed by atoms with van der Waals surface area (Å²) in [6.45, 7) is 1.28. The molecule has 0 amide bonds. The maximum Gasteiger partial charge on any atom is 0.0140 e. The van der Waals surface area contributed by atoms with Crippen molar-refractivity contribution >= 4 is 0 Å². The van der Waals surface area contributed by atoms with Crippen LogP contribution in [0.2, 0.25) is 0 Å². The predicted molar refractivity (Wildman–Crippen MR) is 51.2 cm³/mol. The first-order chi connectivity index (χ1) is 5.68. The molecule has 12 heavy (non-hydrogen) atoms. The summed E-state index contributed by atoms with van der Waals surface area (Å²) < 4.78 is 0. The zero-order valence-corrected chi connectivity index (χ0v) is 8.45. The summed E-state index contributed by atoms with van der Waals surface area (Å²) >= 11 is 0. The minimum atomic E-state index is 0.917. The van der Waals surface area contributed by atoms with Crippen LogP contribution in [-0.2, 0) is 0 Å². The van der Waals surface area contributed by atoms with Crippen molar-refractivity contribution in [1.82, 2.24) is 9.80 Å². The zero-order chi connectivity index (χ0) is 8.72. The molecule has 0 heterocycles. The van der Waals surface area contributed by atoms with Crippen molar-refractivity contribution in [2.24, 2.45) is 5.92 Å². The van der Waals surface area contributed by atoms with Crippen LogP contribution in [0.1, 0.15) is 19.3 Å². The van der Waals surface area contributed by atoms with E-state index < -0.39 is 0 Å². The van der Waals surface area contributed by atoms with E-state index in [1.807, 2.05) is 0 Å². The van der Waals surface area contributed by atoms with E-state index in [2.05, 4.69) is 30.9 Å². The van der Waals surface area contributed by atoms with Crippen molar-refractivity contribution in [2.45, 2.75) is 31.3 Å². The average Bonchev–Trinajstić information content (AvgIpc) is 2.80. The summed E-state index contributed by atoms with van der Waals surface area (Å²) in [5, 5.41) is 0. The van der Waals surface area contributed by atoms with Crippen LogP contribution >= 0.6 is 0 Å². The molecule has 2 rings (SSSR count). The Morgan fingerprint density at radius 3 is 2.33 bits per heavy atom. The predicted octanol–water partition coefficient (Wildman–Crippen LogP) is 1.03. The molecule has 2 saturated carbocycles. The van der Waals surface area contributed by atoms with Crippen LogP contribution in [0.25, 0.3) is 0 Å². The second-order valence-corrected chi connectivity index (χ2v) is 4.72. The van der Waals surface area contributed by atoms with Gasteiger partial charge in [0.15, 0.2) is 0 Å². The van der Waals surface area contributed by atoms with Gasteiger partial charge in [-0.25, -0.2) is 0 Å². The molecule has 0 aromatic heterocycles. The smallest absolute Gasteiger partial charge is 0.0140 e. The topological polar surface area (TPSA) is 6.48 Å². The van der Waals surface area contributed by atoms with Gasteiger partial charge in [0.25, 0.3) is 0 Å². The Bertz CT molecular complexity index is 163.